The van der Waals surface area contributed by atoms with Gasteiger partial charge in [-0.1, -0.05) is 19.3 Å². The highest BCUT2D eigenvalue weighted by Gasteiger charge is 2.30. The molecule has 0 heterocycles. The van der Waals surface area contributed by atoms with E-state index in [1.807, 2.05) is 0 Å². The maximum Gasteiger partial charge on any atom is 0.227 e. The van der Waals surface area contributed by atoms with Crippen molar-refractivity contribution in [3.8, 4) is 0 Å². The molecule has 1 rings (SSSR count). The van der Waals surface area contributed by atoms with Crippen LogP contribution in [0.15, 0.2) is 0 Å². The van der Waals surface area contributed by atoms with Crippen LogP contribution >= 0.6 is 0 Å². The largest absolute Gasteiger partial charge is 0.316 e. The lowest BCUT2D eigenvalue weighted by Gasteiger charge is -2.41. The van der Waals surface area contributed by atoms with Gasteiger partial charge in [0, 0.05) is 5.54 Å². The normalized spacial score (nSPS) is 21.4. The smallest absolute Gasteiger partial charge is 0.227 e. The first-order chi connectivity index (χ1) is 6.19. The molecule has 0 aromatic rings. The molecule has 0 saturated heterocycles. The Labute approximate surface area is 81.7 Å². The third kappa shape index (κ3) is 2.70. The zero-order chi connectivity index (χ0) is 9.73. The lowest BCUT2D eigenvalue weighted by Crippen LogP contribution is -2.46. The average molecular weight is 180 g/mol. The zero-order valence-electron chi connectivity index (χ0n) is 8.84. The predicted octanol–water partition coefficient (Wildman–Crippen LogP) is 2.56. The summed E-state index contributed by atoms with van der Waals surface area (Å²) in [7, 11) is 2.16. The van der Waals surface area contributed by atoms with E-state index in [2.05, 4.69) is 23.7 Å². The van der Waals surface area contributed by atoms with Crippen LogP contribution in [0.5, 0.6) is 0 Å². The van der Waals surface area contributed by atoms with E-state index in [0.717, 1.165) is 6.54 Å². The first kappa shape index (κ1) is 10.5. The van der Waals surface area contributed by atoms with Crippen molar-refractivity contribution >= 4 is 0 Å². The van der Waals surface area contributed by atoms with Crippen molar-refractivity contribution in [2.45, 2.75) is 44.6 Å². The molecule has 13 heavy (non-hydrogen) atoms. The molecule has 0 aromatic carbocycles. The minimum atomic E-state index is 0.378. The van der Waals surface area contributed by atoms with Crippen molar-refractivity contribution in [2.24, 2.45) is 0 Å². The van der Waals surface area contributed by atoms with Crippen molar-refractivity contribution in [3.63, 3.8) is 0 Å². The van der Waals surface area contributed by atoms with Gasteiger partial charge in [-0.15, -0.1) is 0 Å². The van der Waals surface area contributed by atoms with E-state index in [9.17, 15) is 0 Å². The standard InChI is InChI=1S/C11H20N2/c1-11(7-5-4-6-8-11)13(3)10-9-12-2/h4-10H2,1,3H3. The molecule has 1 aliphatic rings. The van der Waals surface area contributed by atoms with Crippen molar-refractivity contribution in [3.05, 3.63) is 11.4 Å². The van der Waals surface area contributed by atoms with Gasteiger partial charge < -0.3 is 4.85 Å². The molecule has 0 radical (unpaired) electrons. The van der Waals surface area contributed by atoms with Crippen LogP contribution in [-0.4, -0.2) is 30.6 Å². The molecule has 0 atom stereocenters. The van der Waals surface area contributed by atoms with Gasteiger partial charge in [0.1, 0.15) is 0 Å². The Morgan fingerprint density at radius 1 is 1.31 bits per heavy atom. The van der Waals surface area contributed by atoms with Crippen LogP contribution in [0.1, 0.15) is 39.0 Å². The second-order valence-corrected chi connectivity index (χ2v) is 4.36. The van der Waals surface area contributed by atoms with Crippen molar-refractivity contribution in [2.75, 3.05) is 20.1 Å². The third-order valence-electron chi connectivity index (χ3n) is 3.40. The summed E-state index contributed by atoms with van der Waals surface area (Å²) in [4.78, 5) is 5.79. The Hall–Kier alpha value is -0.550. The number of hydrogen-bond acceptors (Lipinski definition) is 1. The topological polar surface area (TPSA) is 7.60 Å². The Bertz CT molecular complexity index is 187. The highest BCUT2D eigenvalue weighted by atomic mass is 15.2. The Balaban J connectivity index is 2.42. The fraction of sp³-hybridized carbons (Fsp3) is 0.909. The fourth-order valence-corrected chi connectivity index (χ4v) is 2.17. The molecule has 0 aliphatic heterocycles. The summed E-state index contributed by atoms with van der Waals surface area (Å²) in [6, 6.07) is 0. The maximum atomic E-state index is 6.77. The van der Waals surface area contributed by atoms with Crippen LogP contribution < -0.4 is 0 Å². The number of hydrogen-bond donors (Lipinski definition) is 0. The molecule has 1 fully saturated rings. The first-order valence-corrected chi connectivity index (χ1v) is 5.23. The van der Waals surface area contributed by atoms with Gasteiger partial charge in [0.25, 0.3) is 0 Å². The Morgan fingerprint density at radius 3 is 2.46 bits per heavy atom. The number of nitrogens with zero attached hydrogens (tertiary/aromatic N) is 2. The van der Waals surface area contributed by atoms with E-state index in [0.29, 0.717) is 12.1 Å². The van der Waals surface area contributed by atoms with Crippen LogP contribution in [0, 0.1) is 6.57 Å². The van der Waals surface area contributed by atoms with E-state index in [1.165, 1.54) is 32.1 Å². The summed E-state index contributed by atoms with van der Waals surface area (Å²) >= 11 is 0. The molecule has 2 nitrogen and oxygen atoms in total. The quantitative estimate of drug-likeness (QED) is 0.606. The Kier molecular flexibility index (Phi) is 3.74. The fourth-order valence-electron chi connectivity index (χ4n) is 2.17. The van der Waals surface area contributed by atoms with Gasteiger partial charge in [0.2, 0.25) is 6.54 Å². The van der Waals surface area contributed by atoms with E-state index in [4.69, 9.17) is 6.57 Å². The third-order valence-corrected chi connectivity index (χ3v) is 3.40. The molecule has 2 heteroatoms. The molecule has 0 N–H and O–H groups in total. The van der Waals surface area contributed by atoms with Crippen LogP contribution in [0.3, 0.4) is 0 Å². The molecular weight excluding hydrogens is 160 g/mol. The zero-order valence-corrected chi connectivity index (χ0v) is 8.84. The van der Waals surface area contributed by atoms with Crippen LogP contribution in [0.25, 0.3) is 4.85 Å². The molecule has 0 amide bonds. The molecule has 0 bridgehead atoms. The van der Waals surface area contributed by atoms with Crippen molar-refractivity contribution in [1.82, 2.24) is 4.90 Å². The van der Waals surface area contributed by atoms with Crippen LogP contribution in [0.2, 0.25) is 0 Å². The minimum Gasteiger partial charge on any atom is -0.316 e. The first-order valence-electron chi connectivity index (χ1n) is 5.23. The molecule has 1 saturated carbocycles. The monoisotopic (exact) mass is 180 g/mol. The van der Waals surface area contributed by atoms with Gasteiger partial charge in [0.05, 0.1) is 6.54 Å². The molecule has 0 unspecified atom stereocenters. The lowest BCUT2D eigenvalue weighted by molar-refractivity contribution is 0.0979. The second-order valence-electron chi connectivity index (χ2n) is 4.36. The summed E-state index contributed by atoms with van der Waals surface area (Å²) in [5.74, 6) is 0. The Morgan fingerprint density at radius 2 is 1.92 bits per heavy atom. The summed E-state index contributed by atoms with van der Waals surface area (Å²) < 4.78 is 0. The van der Waals surface area contributed by atoms with Crippen LogP contribution in [0.4, 0.5) is 0 Å². The van der Waals surface area contributed by atoms with E-state index in [-0.39, 0.29) is 0 Å². The summed E-state index contributed by atoms with van der Waals surface area (Å²) in [6.07, 6.45) is 6.73. The second kappa shape index (κ2) is 4.62. The van der Waals surface area contributed by atoms with E-state index in [1.54, 1.807) is 0 Å². The number of rotatable bonds is 3. The molecular formula is C11H20N2. The minimum absolute atomic E-state index is 0.378. The maximum absolute atomic E-state index is 6.77. The van der Waals surface area contributed by atoms with Gasteiger partial charge in [-0.3, -0.25) is 4.90 Å². The van der Waals surface area contributed by atoms with Crippen molar-refractivity contribution in [1.29, 1.82) is 0 Å². The molecule has 74 valence electrons. The lowest BCUT2D eigenvalue weighted by atomic mass is 9.82. The van der Waals surface area contributed by atoms with Gasteiger partial charge in [-0.2, -0.15) is 0 Å². The number of likely N-dealkylation sites (N-methyl/N-ethyl adjacent to an activating group) is 1. The molecule has 1 aliphatic carbocycles. The molecule has 0 spiro atoms. The highest BCUT2D eigenvalue weighted by molar-refractivity contribution is 4.88. The van der Waals surface area contributed by atoms with Crippen LogP contribution in [-0.2, 0) is 0 Å². The predicted molar refractivity (Wildman–Crippen MR) is 55.6 cm³/mol. The van der Waals surface area contributed by atoms with Gasteiger partial charge in [-0.05, 0) is 26.8 Å². The van der Waals surface area contributed by atoms with E-state index < -0.39 is 0 Å². The summed E-state index contributed by atoms with van der Waals surface area (Å²) in [6.45, 7) is 10.7. The summed E-state index contributed by atoms with van der Waals surface area (Å²) in [5.41, 5.74) is 0.378. The highest BCUT2D eigenvalue weighted by Crippen LogP contribution is 2.31. The van der Waals surface area contributed by atoms with E-state index >= 15 is 0 Å². The molecule has 0 aromatic heterocycles. The SMILES string of the molecule is [C-]#[N+]CCN(C)C1(C)CCCCC1. The van der Waals surface area contributed by atoms with Gasteiger partial charge >= 0.3 is 0 Å². The summed E-state index contributed by atoms with van der Waals surface area (Å²) in [5, 5.41) is 0. The van der Waals surface area contributed by atoms with Gasteiger partial charge in [0.15, 0.2) is 0 Å². The van der Waals surface area contributed by atoms with Gasteiger partial charge in [-0.25, -0.2) is 6.57 Å². The average Bonchev–Trinajstić information content (AvgIpc) is 2.15. The van der Waals surface area contributed by atoms with Crippen molar-refractivity contribution < 1.29 is 0 Å².